The van der Waals surface area contributed by atoms with Crippen LogP contribution in [-0.4, -0.2) is 39.0 Å². The normalized spacial score (nSPS) is 10.7. The number of methoxy groups -OCH3 is 2. The molecule has 5 rings (SSSR count). The lowest BCUT2D eigenvalue weighted by atomic mass is 10.1. The topological polar surface area (TPSA) is 102 Å². The Balaban J connectivity index is 1.63. The Hall–Kier alpha value is -4.97. The van der Waals surface area contributed by atoms with Crippen LogP contribution in [0.5, 0.6) is 11.5 Å². The number of rotatable bonds is 7. The summed E-state index contributed by atoms with van der Waals surface area (Å²) in [5, 5.41) is 13.6. The molecule has 3 heterocycles. The molecule has 9 heteroatoms. The van der Waals surface area contributed by atoms with E-state index in [2.05, 4.69) is 26.0 Å². The summed E-state index contributed by atoms with van der Waals surface area (Å²) in [5.74, 6) is 1.34. The van der Waals surface area contributed by atoms with Crippen molar-refractivity contribution in [3.05, 3.63) is 84.6 Å². The molecule has 0 N–H and O–H groups in total. The van der Waals surface area contributed by atoms with Crippen LogP contribution < -0.4 is 14.4 Å². The Morgan fingerprint density at radius 1 is 0.917 bits per heavy atom. The lowest BCUT2D eigenvalue weighted by Gasteiger charge is -2.26. The SMILES string of the molecule is COc1cc(OC)cc(N(Cc2ccnc(C#N)c2)c2ccc3ncc(-c4cnn(C)c4)nc3c2)c1. The molecule has 0 saturated carbocycles. The van der Waals surface area contributed by atoms with E-state index in [0.29, 0.717) is 23.7 Å². The molecular weight excluding hydrogens is 454 g/mol. The van der Waals surface area contributed by atoms with Crippen LogP contribution in [0.4, 0.5) is 11.4 Å². The summed E-state index contributed by atoms with van der Waals surface area (Å²) in [7, 11) is 5.11. The molecule has 0 aliphatic heterocycles. The summed E-state index contributed by atoms with van der Waals surface area (Å²) in [6.07, 6.45) is 7.07. The van der Waals surface area contributed by atoms with E-state index in [1.807, 2.05) is 55.7 Å². The summed E-state index contributed by atoms with van der Waals surface area (Å²) in [6.45, 7) is 0.481. The quantitative estimate of drug-likeness (QED) is 0.334. The van der Waals surface area contributed by atoms with Gasteiger partial charge >= 0.3 is 0 Å². The zero-order valence-corrected chi connectivity index (χ0v) is 20.1. The smallest absolute Gasteiger partial charge is 0.140 e. The second-order valence-electron chi connectivity index (χ2n) is 8.15. The molecule has 0 radical (unpaired) electrons. The molecule has 0 fully saturated rings. The van der Waals surface area contributed by atoms with Crippen molar-refractivity contribution in [1.82, 2.24) is 24.7 Å². The van der Waals surface area contributed by atoms with Crippen molar-refractivity contribution in [3.8, 4) is 28.8 Å². The van der Waals surface area contributed by atoms with Crippen molar-refractivity contribution < 1.29 is 9.47 Å². The number of hydrogen-bond acceptors (Lipinski definition) is 8. The molecule has 0 atom stereocenters. The highest BCUT2D eigenvalue weighted by Gasteiger charge is 2.16. The number of benzene rings is 2. The van der Waals surface area contributed by atoms with E-state index >= 15 is 0 Å². The van der Waals surface area contributed by atoms with Gasteiger partial charge in [-0.25, -0.2) is 9.97 Å². The minimum absolute atomic E-state index is 0.362. The van der Waals surface area contributed by atoms with E-state index in [0.717, 1.165) is 39.2 Å². The van der Waals surface area contributed by atoms with E-state index in [-0.39, 0.29) is 0 Å². The average Bonchev–Trinajstić information content (AvgIpc) is 3.37. The summed E-state index contributed by atoms with van der Waals surface area (Å²) in [6, 6.07) is 17.4. The van der Waals surface area contributed by atoms with E-state index in [1.165, 1.54) is 0 Å². The Kier molecular flexibility index (Phi) is 6.16. The molecule has 0 spiro atoms. The standard InChI is InChI=1S/C27H23N7O2/c1-33-17-19(14-31-33)27-15-30-25-5-4-21(11-26(25)32-27)34(16-18-6-7-29-20(8-18)13-28)22-9-23(35-2)12-24(10-22)36-3/h4-12,14-15,17H,16H2,1-3H3. The van der Waals surface area contributed by atoms with Gasteiger partial charge < -0.3 is 14.4 Å². The largest absolute Gasteiger partial charge is 0.497 e. The molecule has 0 unspecified atom stereocenters. The number of ether oxygens (including phenoxy) is 2. The number of fused-ring (bicyclic) bond motifs is 1. The van der Waals surface area contributed by atoms with Crippen molar-refractivity contribution in [2.75, 3.05) is 19.1 Å². The maximum absolute atomic E-state index is 9.33. The van der Waals surface area contributed by atoms with Crippen LogP contribution >= 0.6 is 0 Å². The van der Waals surface area contributed by atoms with Crippen LogP contribution in [0.2, 0.25) is 0 Å². The zero-order chi connectivity index (χ0) is 25.1. The number of hydrogen-bond donors (Lipinski definition) is 0. The van der Waals surface area contributed by atoms with Gasteiger partial charge in [0.1, 0.15) is 23.3 Å². The fourth-order valence-corrected chi connectivity index (χ4v) is 3.96. The number of nitriles is 1. The zero-order valence-electron chi connectivity index (χ0n) is 20.1. The van der Waals surface area contributed by atoms with Gasteiger partial charge in [-0.3, -0.25) is 9.67 Å². The maximum atomic E-state index is 9.33. The van der Waals surface area contributed by atoms with Crippen LogP contribution in [-0.2, 0) is 13.6 Å². The maximum Gasteiger partial charge on any atom is 0.140 e. The monoisotopic (exact) mass is 477 g/mol. The molecule has 3 aromatic heterocycles. The highest BCUT2D eigenvalue weighted by atomic mass is 16.5. The van der Waals surface area contributed by atoms with Crippen LogP contribution in [0.25, 0.3) is 22.3 Å². The molecule has 0 aliphatic rings. The van der Waals surface area contributed by atoms with Crippen LogP contribution in [0.1, 0.15) is 11.3 Å². The number of nitrogens with zero attached hydrogens (tertiary/aromatic N) is 7. The van der Waals surface area contributed by atoms with Gasteiger partial charge in [-0.2, -0.15) is 10.4 Å². The Morgan fingerprint density at radius 2 is 1.72 bits per heavy atom. The molecule has 0 amide bonds. The van der Waals surface area contributed by atoms with Crippen molar-refractivity contribution in [2.24, 2.45) is 7.05 Å². The Labute approximate surface area is 208 Å². The first-order valence-corrected chi connectivity index (χ1v) is 11.2. The van der Waals surface area contributed by atoms with Gasteiger partial charge in [0.15, 0.2) is 0 Å². The Morgan fingerprint density at radius 3 is 2.42 bits per heavy atom. The first-order chi connectivity index (χ1) is 17.6. The van der Waals surface area contributed by atoms with E-state index in [1.54, 1.807) is 43.6 Å². The molecule has 0 bridgehead atoms. The first-order valence-electron chi connectivity index (χ1n) is 11.2. The third kappa shape index (κ3) is 4.65. The van der Waals surface area contributed by atoms with Gasteiger partial charge in [-0.1, -0.05) is 0 Å². The molecule has 5 aromatic rings. The molecule has 0 saturated heterocycles. The Bertz CT molecular complexity index is 1570. The van der Waals surface area contributed by atoms with Crippen molar-refractivity contribution in [1.29, 1.82) is 5.26 Å². The molecular formula is C27H23N7O2. The summed E-state index contributed by atoms with van der Waals surface area (Å²) in [5.41, 5.74) is 6.22. The third-order valence-corrected chi connectivity index (χ3v) is 5.77. The average molecular weight is 478 g/mol. The molecule has 36 heavy (non-hydrogen) atoms. The lowest BCUT2D eigenvalue weighted by Crippen LogP contribution is -2.17. The van der Waals surface area contributed by atoms with Gasteiger partial charge in [0, 0.05) is 61.1 Å². The molecule has 0 aliphatic carbocycles. The van der Waals surface area contributed by atoms with Crippen LogP contribution in [0.3, 0.4) is 0 Å². The summed E-state index contributed by atoms with van der Waals surface area (Å²) < 4.78 is 12.8. The van der Waals surface area contributed by atoms with E-state index < -0.39 is 0 Å². The number of pyridine rings is 1. The minimum atomic E-state index is 0.362. The number of aryl methyl sites for hydroxylation is 1. The molecule has 2 aromatic carbocycles. The van der Waals surface area contributed by atoms with Gasteiger partial charge in [0.25, 0.3) is 0 Å². The fourth-order valence-electron chi connectivity index (χ4n) is 3.96. The van der Waals surface area contributed by atoms with Crippen molar-refractivity contribution >= 4 is 22.4 Å². The van der Waals surface area contributed by atoms with Gasteiger partial charge in [-0.15, -0.1) is 0 Å². The summed E-state index contributed by atoms with van der Waals surface area (Å²) >= 11 is 0. The molecule has 9 nitrogen and oxygen atoms in total. The second-order valence-corrected chi connectivity index (χ2v) is 8.15. The van der Waals surface area contributed by atoms with Gasteiger partial charge in [-0.05, 0) is 35.9 Å². The van der Waals surface area contributed by atoms with Crippen LogP contribution in [0, 0.1) is 11.3 Å². The second kappa shape index (κ2) is 9.72. The van der Waals surface area contributed by atoms with Gasteiger partial charge in [0.2, 0.25) is 0 Å². The third-order valence-electron chi connectivity index (χ3n) is 5.77. The van der Waals surface area contributed by atoms with E-state index in [9.17, 15) is 5.26 Å². The van der Waals surface area contributed by atoms with Crippen molar-refractivity contribution in [3.63, 3.8) is 0 Å². The molecule has 178 valence electrons. The number of anilines is 2. The van der Waals surface area contributed by atoms with Gasteiger partial charge in [0.05, 0.1) is 43.3 Å². The number of aromatic nitrogens is 5. The van der Waals surface area contributed by atoms with Crippen molar-refractivity contribution in [2.45, 2.75) is 6.54 Å². The fraction of sp³-hybridized carbons (Fsp3) is 0.148. The van der Waals surface area contributed by atoms with E-state index in [4.69, 9.17) is 14.5 Å². The predicted octanol–water partition coefficient (Wildman–Crippen LogP) is 4.65. The highest BCUT2D eigenvalue weighted by molar-refractivity contribution is 5.82. The summed E-state index contributed by atoms with van der Waals surface area (Å²) in [4.78, 5) is 15.7. The highest BCUT2D eigenvalue weighted by Crippen LogP contribution is 2.35. The predicted molar refractivity (Wildman–Crippen MR) is 136 cm³/mol. The van der Waals surface area contributed by atoms with Crippen LogP contribution in [0.15, 0.2) is 73.3 Å². The lowest BCUT2D eigenvalue weighted by molar-refractivity contribution is 0.394. The first kappa shape index (κ1) is 22.8. The minimum Gasteiger partial charge on any atom is -0.497 e.